The molecule has 0 atom stereocenters. The fourth-order valence-corrected chi connectivity index (χ4v) is 7.05. The highest BCUT2D eigenvalue weighted by molar-refractivity contribution is 5.38. The van der Waals surface area contributed by atoms with Gasteiger partial charge in [-0.2, -0.15) is 0 Å². The topological polar surface area (TPSA) is 92.0 Å². The molecule has 7 heterocycles. The van der Waals surface area contributed by atoms with Gasteiger partial charge in [-0.15, -0.1) is 0 Å². The maximum Gasteiger partial charge on any atom is 0.117 e. The van der Waals surface area contributed by atoms with Gasteiger partial charge in [0.2, 0.25) is 0 Å². The zero-order chi connectivity index (χ0) is 38.2. The van der Waals surface area contributed by atoms with Gasteiger partial charge in [0.25, 0.3) is 0 Å². The molecule has 0 aliphatic heterocycles. The molecule has 0 unspecified atom stereocenters. The van der Waals surface area contributed by atoms with Crippen LogP contribution in [0.3, 0.4) is 0 Å². The van der Waals surface area contributed by atoms with E-state index in [0.29, 0.717) is 0 Å². The van der Waals surface area contributed by atoms with Crippen molar-refractivity contribution in [2.45, 2.75) is 116 Å². The maximum absolute atomic E-state index is 6.66. The lowest BCUT2D eigenvalue weighted by Crippen LogP contribution is -2.21. The van der Waals surface area contributed by atoms with Gasteiger partial charge in [0, 0.05) is 0 Å². The molecule has 0 radical (unpaired) electrons. The molecule has 7 heteroatoms. The highest BCUT2D eigenvalue weighted by Gasteiger charge is 2.40. The summed E-state index contributed by atoms with van der Waals surface area (Å²) in [5, 5.41) is 0. The average Bonchev–Trinajstić information content (AvgIpc) is 3.96. The first-order valence-corrected chi connectivity index (χ1v) is 18.4. The molecule has 53 heavy (non-hydrogen) atoms. The van der Waals surface area contributed by atoms with E-state index in [9.17, 15) is 0 Å². The van der Waals surface area contributed by atoms with Crippen LogP contribution in [-0.4, -0.2) is 0 Å². The average molecular weight is 717 g/mol. The summed E-state index contributed by atoms with van der Waals surface area (Å²) in [7, 11) is 0. The molecule has 0 saturated carbocycles. The van der Waals surface area contributed by atoms with E-state index in [2.05, 4.69) is 83.1 Å². The van der Waals surface area contributed by atoms with Crippen molar-refractivity contribution < 1.29 is 30.9 Å². The van der Waals surface area contributed by atoms with Crippen LogP contribution in [0, 0.1) is 0 Å². The summed E-state index contributed by atoms with van der Waals surface area (Å²) in [5.41, 5.74) is -2.94. The number of hydrogen-bond acceptors (Lipinski definition) is 7. The van der Waals surface area contributed by atoms with E-state index in [1.54, 1.807) is 12.5 Å². The van der Waals surface area contributed by atoms with Crippen molar-refractivity contribution in [3.63, 3.8) is 0 Å². The third-order valence-corrected chi connectivity index (χ3v) is 11.5. The molecular formula is C46H52O7. The minimum absolute atomic E-state index is 0.408. The molecule has 278 valence electrons. The van der Waals surface area contributed by atoms with E-state index in [1.807, 2.05) is 84.9 Å². The van der Waals surface area contributed by atoms with Crippen LogP contribution in [0.25, 0.3) is 0 Å². The monoisotopic (exact) mass is 716 g/mol. The number of hydrogen-bond donors (Lipinski definition) is 0. The van der Waals surface area contributed by atoms with Gasteiger partial charge in [0.05, 0.1) is 45.0 Å². The Hall–Kier alpha value is -5.04. The van der Waals surface area contributed by atoms with Gasteiger partial charge in [-0.05, 0) is 168 Å². The number of rotatable bonds is 12. The van der Waals surface area contributed by atoms with Crippen LogP contribution in [0.4, 0.5) is 0 Å². The second kappa shape index (κ2) is 12.3. The van der Waals surface area contributed by atoms with Crippen LogP contribution in [0.15, 0.2) is 128 Å². The van der Waals surface area contributed by atoms with Crippen molar-refractivity contribution in [3.8, 4) is 0 Å². The first-order chi connectivity index (χ1) is 24.8. The highest BCUT2D eigenvalue weighted by Crippen LogP contribution is 2.44. The zero-order valence-corrected chi connectivity index (χ0v) is 33.1. The van der Waals surface area contributed by atoms with Crippen molar-refractivity contribution in [3.05, 3.63) is 167 Å². The summed E-state index contributed by atoms with van der Waals surface area (Å²) in [6.45, 7) is 25.3. The van der Waals surface area contributed by atoms with Gasteiger partial charge < -0.3 is 30.9 Å². The van der Waals surface area contributed by atoms with Crippen LogP contribution in [0.5, 0.6) is 0 Å². The fourth-order valence-electron chi connectivity index (χ4n) is 7.05. The summed E-state index contributed by atoms with van der Waals surface area (Å²) in [6.07, 6.45) is 3.38. The van der Waals surface area contributed by atoms with Gasteiger partial charge in [0.1, 0.15) is 69.1 Å². The third-order valence-electron chi connectivity index (χ3n) is 11.5. The van der Waals surface area contributed by atoms with Gasteiger partial charge in [-0.1, -0.05) is 0 Å². The predicted octanol–water partition coefficient (Wildman–Crippen LogP) is 12.8. The molecule has 7 rings (SSSR count). The first kappa shape index (κ1) is 36.3. The summed E-state index contributed by atoms with van der Waals surface area (Å²) in [5.74, 6) is 9.83. The van der Waals surface area contributed by atoms with E-state index < -0.39 is 32.5 Å². The van der Waals surface area contributed by atoms with Gasteiger partial charge in [-0.3, -0.25) is 0 Å². The molecule has 0 aliphatic rings. The summed E-state index contributed by atoms with van der Waals surface area (Å²) in [4.78, 5) is 0. The highest BCUT2D eigenvalue weighted by atomic mass is 16.4. The SMILES string of the molecule is CC(C)(c1ccco1)c1ccc(C(C)(C)c2ccc(C(C)(C)c3ccc(C(C)(C)c4ccc(C(C)(C)c5ccc(C(C)(C)c6ccco6)o5)o4)o3)o2)o1. The summed E-state index contributed by atoms with van der Waals surface area (Å²) in [6, 6.07) is 28.1. The van der Waals surface area contributed by atoms with Crippen molar-refractivity contribution in [1.82, 2.24) is 0 Å². The Balaban J connectivity index is 1.10. The molecule has 0 amide bonds. The van der Waals surface area contributed by atoms with E-state index >= 15 is 0 Å². The standard InChI is InChI=1S/C46H52O7/c1-41(2,29-15-13-27-47-29)31-17-19-33(49-31)43(5,6)35-21-23-37(51-35)45(9,10)39-25-26-40(53-39)46(11,12)38-24-22-36(52-38)44(7,8)34-20-18-32(50-34)42(3,4)30-16-14-28-48-30/h13-28H,1-12H3. The van der Waals surface area contributed by atoms with Gasteiger partial charge in [-0.25, -0.2) is 0 Å². The van der Waals surface area contributed by atoms with Crippen LogP contribution >= 0.6 is 0 Å². The van der Waals surface area contributed by atoms with Crippen LogP contribution in [0.1, 0.15) is 152 Å². The van der Waals surface area contributed by atoms with Crippen molar-refractivity contribution in [2.75, 3.05) is 0 Å². The Morgan fingerprint density at radius 3 is 0.566 bits per heavy atom. The lowest BCUT2D eigenvalue weighted by molar-refractivity contribution is 0.280. The van der Waals surface area contributed by atoms with E-state index in [1.165, 1.54) is 0 Å². The van der Waals surface area contributed by atoms with E-state index in [-0.39, 0.29) is 0 Å². The van der Waals surface area contributed by atoms with Gasteiger partial charge in [0.15, 0.2) is 0 Å². The molecule has 7 aromatic rings. The second-order valence-corrected chi connectivity index (χ2v) is 17.5. The van der Waals surface area contributed by atoms with Crippen LogP contribution in [0.2, 0.25) is 0 Å². The zero-order valence-electron chi connectivity index (χ0n) is 33.1. The Bertz CT molecular complexity index is 2130. The molecule has 7 nitrogen and oxygen atoms in total. The Kier molecular flexibility index (Phi) is 8.40. The smallest absolute Gasteiger partial charge is 0.117 e. The Labute approximate surface area is 312 Å². The fraction of sp³-hybridized carbons (Fsp3) is 0.391. The largest absolute Gasteiger partial charge is 0.468 e. The van der Waals surface area contributed by atoms with E-state index in [0.717, 1.165) is 69.1 Å². The molecule has 0 bridgehead atoms. The maximum atomic E-state index is 6.66. The molecule has 0 fully saturated rings. The lowest BCUT2D eigenvalue weighted by Gasteiger charge is -2.24. The number of furan rings is 7. The van der Waals surface area contributed by atoms with Crippen molar-refractivity contribution in [2.24, 2.45) is 0 Å². The van der Waals surface area contributed by atoms with Crippen LogP contribution in [-0.2, 0) is 32.5 Å². The Morgan fingerprint density at radius 1 is 0.245 bits per heavy atom. The van der Waals surface area contributed by atoms with Crippen LogP contribution < -0.4 is 0 Å². The molecule has 0 saturated heterocycles. The van der Waals surface area contributed by atoms with Gasteiger partial charge >= 0.3 is 0 Å². The molecular weight excluding hydrogens is 664 g/mol. The minimum atomic E-state index is -0.547. The summed E-state index contributed by atoms with van der Waals surface area (Å²) >= 11 is 0. The molecule has 0 spiro atoms. The normalized spacial score (nSPS) is 13.7. The van der Waals surface area contributed by atoms with Crippen molar-refractivity contribution in [1.29, 1.82) is 0 Å². The molecule has 0 aromatic carbocycles. The summed E-state index contributed by atoms with van der Waals surface area (Å²) < 4.78 is 44.3. The quantitative estimate of drug-likeness (QED) is 0.124. The molecule has 0 aliphatic carbocycles. The van der Waals surface area contributed by atoms with Crippen molar-refractivity contribution >= 4 is 0 Å². The predicted molar refractivity (Wildman–Crippen MR) is 204 cm³/mol. The third kappa shape index (κ3) is 5.98. The lowest BCUT2D eigenvalue weighted by atomic mass is 9.87. The second-order valence-electron chi connectivity index (χ2n) is 17.5. The molecule has 0 N–H and O–H groups in total. The Morgan fingerprint density at radius 2 is 0.415 bits per heavy atom. The van der Waals surface area contributed by atoms with E-state index in [4.69, 9.17) is 30.9 Å². The minimum Gasteiger partial charge on any atom is -0.468 e. The molecule has 7 aromatic heterocycles. The first-order valence-electron chi connectivity index (χ1n) is 18.4.